The third-order valence-corrected chi connectivity index (χ3v) is 5.50. The molecule has 128 valence electrons. The Labute approximate surface area is 142 Å². The number of carbonyl (C=O) groups excluding carboxylic acids is 1. The highest BCUT2D eigenvalue weighted by Gasteiger charge is 2.44. The molecule has 0 aliphatic carbocycles. The third kappa shape index (κ3) is 2.65. The molecule has 4 rings (SSSR count). The van der Waals surface area contributed by atoms with Gasteiger partial charge in [-0.3, -0.25) is 9.69 Å². The van der Waals surface area contributed by atoms with Gasteiger partial charge in [0.1, 0.15) is 17.6 Å². The Hall–Kier alpha value is -2.08. The molecule has 6 heteroatoms. The van der Waals surface area contributed by atoms with Crippen molar-refractivity contribution in [2.24, 2.45) is 0 Å². The predicted molar refractivity (Wildman–Crippen MR) is 91.8 cm³/mol. The lowest BCUT2D eigenvalue weighted by molar-refractivity contribution is 0.0489. The van der Waals surface area contributed by atoms with Crippen LogP contribution in [0.4, 0.5) is 5.82 Å². The minimum Gasteiger partial charge on any atom is -0.497 e. The summed E-state index contributed by atoms with van der Waals surface area (Å²) in [4.78, 5) is 21.5. The van der Waals surface area contributed by atoms with Crippen LogP contribution in [0.2, 0.25) is 0 Å². The Morgan fingerprint density at radius 3 is 3.00 bits per heavy atom. The molecule has 3 aliphatic rings. The van der Waals surface area contributed by atoms with E-state index in [2.05, 4.69) is 26.2 Å². The lowest BCUT2D eigenvalue weighted by Crippen LogP contribution is -2.67. The van der Waals surface area contributed by atoms with Crippen molar-refractivity contribution >= 4 is 11.7 Å². The molecule has 0 bridgehead atoms. The van der Waals surface area contributed by atoms with Crippen molar-refractivity contribution in [2.75, 3.05) is 31.6 Å². The smallest absolute Gasteiger partial charge is 0.256 e. The highest BCUT2D eigenvalue weighted by molar-refractivity contribution is 6.01. The number of hydrogen-bond acceptors (Lipinski definition) is 5. The highest BCUT2D eigenvalue weighted by Crippen LogP contribution is 2.34. The molecule has 3 aliphatic heterocycles. The number of fused-ring (bicyclic) bond motifs is 1. The molecule has 24 heavy (non-hydrogen) atoms. The number of nitrogens with one attached hydrogen (secondary N) is 1. The topological polar surface area (TPSA) is 57.7 Å². The largest absolute Gasteiger partial charge is 0.497 e. The summed E-state index contributed by atoms with van der Waals surface area (Å²) < 4.78 is 5.69. The second-order valence-electron chi connectivity index (χ2n) is 6.93. The Balaban J connectivity index is 1.45. The fourth-order valence-electron chi connectivity index (χ4n) is 3.98. The molecule has 1 fully saturated rings. The Kier molecular flexibility index (Phi) is 3.92. The molecule has 1 amide bonds. The van der Waals surface area contributed by atoms with Gasteiger partial charge in [-0.25, -0.2) is 4.98 Å². The predicted octanol–water partition coefficient (Wildman–Crippen LogP) is 1.75. The van der Waals surface area contributed by atoms with Gasteiger partial charge < -0.3 is 15.0 Å². The highest BCUT2D eigenvalue weighted by atomic mass is 16.5. The molecule has 6 nitrogen and oxygen atoms in total. The Bertz CT molecular complexity index is 652. The molecular weight excluding hydrogens is 304 g/mol. The van der Waals surface area contributed by atoms with Crippen LogP contribution in [-0.2, 0) is 4.74 Å². The van der Waals surface area contributed by atoms with Gasteiger partial charge in [0.15, 0.2) is 0 Å². The van der Waals surface area contributed by atoms with Crippen LogP contribution < -0.4 is 10.2 Å². The van der Waals surface area contributed by atoms with E-state index in [9.17, 15) is 4.79 Å². The van der Waals surface area contributed by atoms with Crippen molar-refractivity contribution in [1.82, 2.24) is 15.2 Å². The van der Waals surface area contributed by atoms with Crippen molar-refractivity contribution in [3.8, 4) is 0 Å². The summed E-state index contributed by atoms with van der Waals surface area (Å²) in [6.45, 7) is 2.87. The monoisotopic (exact) mass is 328 g/mol. The molecule has 1 unspecified atom stereocenters. The first-order valence-electron chi connectivity index (χ1n) is 8.72. The minimum absolute atomic E-state index is 0.00889. The van der Waals surface area contributed by atoms with Crippen molar-refractivity contribution in [1.29, 1.82) is 0 Å². The summed E-state index contributed by atoms with van der Waals surface area (Å²) in [7, 11) is 2.04. The summed E-state index contributed by atoms with van der Waals surface area (Å²) in [6.07, 6.45) is 9.95. The quantitative estimate of drug-likeness (QED) is 0.896. The maximum absolute atomic E-state index is 12.5. The van der Waals surface area contributed by atoms with Crippen LogP contribution in [0.1, 0.15) is 36.0 Å². The molecule has 1 aromatic heterocycles. The second-order valence-corrected chi connectivity index (χ2v) is 6.93. The number of amides is 1. The molecule has 1 N–H and O–H groups in total. The van der Waals surface area contributed by atoms with Crippen molar-refractivity contribution < 1.29 is 9.53 Å². The molecule has 1 saturated heterocycles. The van der Waals surface area contributed by atoms with E-state index in [-0.39, 0.29) is 11.6 Å². The number of carbonyl (C=O) groups is 1. The molecular formula is C18H24N4O2. The first-order chi connectivity index (χ1) is 11.7. The number of allylic oxidation sites excluding steroid dienone is 1. The van der Waals surface area contributed by atoms with Crippen LogP contribution in [0.15, 0.2) is 30.7 Å². The SMILES string of the molecule is CN1c2ncccc2C(=O)NC12CCN(CC1CCC=CO1)CC2. The fourth-order valence-corrected chi connectivity index (χ4v) is 3.98. The lowest BCUT2D eigenvalue weighted by atomic mass is 9.91. The second kappa shape index (κ2) is 6.09. The maximum atomic E-state index is 12.5. The van der Waals surface area contributed by atoms with Gasteiger partial charge in [-0.15, -0.1) is 0 Å². The average molecular weight is 328 g/mol. The molecule has 1 spiro atoms. The molecule has 0 aromatic carbocycles. The van der Waals surface area contributed by atoms with Gasteiger partial charge in [-0.2, -0.15) is 0 Å². The van der Waals surface area contributed by atoms with Crippen LogP contribution in [0, 0.1) is 0 Å². The van der Waals surface area contributed by atoms with Gasteiger partial charge in [-0.1, -0.05) is 0 Å². The van der Waals surface area contributed by atoms with Crippen LogP contribution in [0.3, 0.4) is 0 Å². The zero-order chi connectivity index (χ0) is 16.6. The Morgan fingerprint density at radius 2 is 2.25 bits per heavy atom. The fraction of sp³-hybridized carbons (Fsp3) is 0.556. The van der Waals surface area contributed by atoms with Crippen molar-refractivity contribution in [3.63, 3.8) is 0 Å². The van der Waals surface area contributed by atoms with E-state index in [0.717, 1.165) is 51.1 Å². The van der Waals surface area contributed by atoms with E-state index >= 15 is 0 Å². The zero-order valence-corrected chi connectivity index (χ0v) is 14.1. The summed E-state index contributed by atoms with van der Waals surface area (Å²) in [6, 6.07) is 3.65. The van der Waals surface area contributed by atoms with E-state index in [4.69, 9.17) is 4.74 Å². The zero-order valence-electron chi connectivity index (χ0n) is 14.1. The first-order valence-corrected chi connectivity index (χ1v) is 8.72. The summed E-state index contributed by atoms with van der Waals surface area (Å²) in [5.41, 5.74) is 0.345. The number of ether oxygens (including phenoxy) is 1. The number of pyridine rings is 1. The molecule has 0 radical (unpaired) electrons. The van der Waals surface area contributed by atoms with Gasteiger partial charge in [0, 0.05) is 45.7 Å². The number of nitrogens with zero attached hydrogens (tertiary/aromatic N) is 3. The van der Waals surface area contributed by atoms with E-state index in [1.807, 2.05) is 25.4 Å². The van der Waals surface area contributed by atoms with Gasteiger partial charge in [0.05, 0.1) is 11.8 Å². The van der Waals surface area contributed by atoms with Gasteiger partial charge in [0.2, 0.25) is 0 Å². The molecule has 0 saturated carbocycles. The van der Waals surface area contributed by atoms with Gasteiger partial charge >= 0.3 is 0 Å². The molecule has 4 heterocycles. The van der Waals surface area contributed by atoms with E-state index < -0.39 is 0 Å². The minimum atomic E-state index is -0.317. The maximum Gasteiger partial charge on any atom is 0.256 e. The third-order valence-electron chi connectivity index (χ3n) is 5.50. The summed E-state index contributed by atoms with van der Waals surface area (Å²) in [5.74, 6) is 0.779. The van der Waals surface area contributed by atoms with Crippen molar-refractivity contribution in [3.05, 3.63) is 36.2 Å². The van der Waals surface area contributed by atoms with Crippen molar-refractivity contribution in [2.45, 2.75) is 37.5 Å². The summed E-state index contributed by atoms with van der Waals surface area (Å²) >= 11 is 0. The van der Waals surface area contributed by atoms with Crippen LogP contribution >= 0.6 is 0 Å². The van der Waals surface area contributed by atoms with Crippen LogP contribution in [0.5, 0.6) is 0 Å². The standard InChI is InChI=1S/C18H24N4O2/c1-21-16-15(6-4-9-19-16)17(23)20-18(21)7-10-22(11-8-18)13-14-5-2-3-12-24-14/h3-4,6,9,12,14H,2,5,7-8,10-11,13H2,1H3,(H,20,23). The number of likely N-dealkylation sites (tertiary alicyclic amines) is 1. The summed E-state index contributed by atoms with van der Waals surface area (Å²) in [5, 5.41) is 3.24. The number of anilines is 1. The van der Waals surface area contributed by atoms with E-state index in [1.54, 1.807) is 6.20 Å². The van der Waals surface area contributed by atoms with E-state index in [0.29, 0.717) is 11.7 Å². The molecule has 1 atom stereocenters. The van der Waals surface area contributed by atoms with Crippen LogP contribution in [-0.4, -0.2) is 54.2 Å². The van der Waals surface area contributed by atoms with Gasteiger partial charge in [0.25, 0.3) is 5.91 Å². The average Bonchev–Trinajstić information content (AvgIpc) is 2.63. The molecule has 1 aromatic rings. The van der Waals surface area contributed by atoms with E-state index in [1.165, 1.54) is 0 Å². The Morgan fingerprint density at radius 1 is 1.42 bits per heavy atom. The van der Waals surface area contributed by atoms with Gasteiger partial charge in [-0.05, 0) is 31.1 Å². The number of piperidine rings is 1. The lowest BCUT2D eigenvalue weighted by Gasteiger charge is -2.51. The number of aromatic nitrogens is 1. The first kappa shape index (κ1) is 15.4. The normalized spacial score (nSPS) is 26.0. The van der Waals surface area contributed by atoms with Crippen LogP contribution in [0.25, 0.3) is 0 Å². The number of rotatable bonds is 2. The number of hydrogen-bond donors (Lipinski definition) is 1.